The Morgan fingerprint density at radius 1 is 1.15 bits per heavy atom. The van der Waals surface area contributed by atoms with Crippen molar-refractivity contribution < 1.29 is 9.59 Å². The number of amides is 2. The normalized spacial score (nSPS) is 33.1. The molecule has 2 amide bonds. The number of carbonyl (C=O) groups excluding carboxylic acids is 2. The molecule has 4 nitrogen and oxygen atoms in total. The minimum atomic E-state index is -0.113. The number of hydrogen-bond donors (Lipinski definition) is 0. The van der Waals surface area contributed by atoms with Crippen molar-refractivity contribution in [3.05, 3.63) is 12.2 Å². The fraction of sp³-hybridized carbons (Fsp3) is 0.750. The van der Waals surface area contributed by atoms with Gasteiger partial charge >= 0.3 is 0 Å². The van der Waals surface area contributed by atoms with Gasteiger partial charge < -0.3 is 9.80 Å². The van der Waals surface area contributed by atoms with Crippen LogP contribution in [0.3, 0.4) is 0 Å². The fourth-order valence-electron chi connectivity index (χ4n) is 3.85. The van der Waals surface area contributed by atoms with Gasteiger partial charge in [0.15, 0.2) is 0 Å². The lowest BCUT2D eigenvalue weighted by Gasteiger charge is -2.23. The van der Waals surface area contributed by atoms with Crippen molar-refractivity contribution in [3.63, 3.8) is 0 Å². The van der Waals surface area contributed by atoms with Crippen molar-refractivity contribution in [2.45, 2.75) is 39.2 Å². The average molecular weight is 276 g/mol. The van der Waals surface area contributed by atoms with Gasteiger partial charge in [-0.05, 0) is 38.5 Å². The molecule has 2 aliphatic heterocycles. The van der Waals surface area contributed by atoms with Crippen LogP contribution in [0.15, 0.2) is 12.2 Å². The summed E-state index contributed by atoms with van der Waals surface area (Å²) in [5, 5.41) is 0. The third-order valence-corrected chi connectivity index (χ3v) is 5.06. The molecule has 2 fully saturated rings. The molecule has 20 heavy (non-hydrogen) atoms. The zero-order chi connectivity index (χ0) is 14.3. The Morgan fingerprint density at radius 3 is 2.25 bits per heavy atom. The standard InChI is InChI=1S/C16H24N2O2/c1-11(2)18-10-14(7-15(18)19)16(20)17-8-12-5-3-4-6-13(12)9-17/h3-4,11-14H,5-10H2,1-2H3. The van der Waals surface area contributed by atoms with Crippen LogP contribution in [-0.4, -0.2) is 47.3 Å². The monoisotopic (exact) mass is 276 g/mol. The van der Waals surface area contributed by atoms with Crippen molar-refractivity contribution in [2.75, 3.05) is 19.6 Å². The number of carbonyl (C=O) groups is 2. The molecule has 110 valence electrons. The summed E-state index contributed by atoms with van der Waals surface area (Å²) < 4.78 is 0. The molecule has 3 atom stereocenters. The zero-order valence-electron chi connectivity index (χ0n) is 12.4. The summed E-state index contributed by atoms with van der Waals surface area (Å²) in [5.74, 6) is 1.51. The molecule has 0 N–H and O–H groups in total. The highest BCUT2D eigenvalue weighted by Crippen LogP contribution is 2.34. The second-order valence-corrected chi connectivity index (χ2v) is 6.75. The summed E-state index contributed by atoms with van der Waals surface area (Å²) in [4.78, 5) is 28.4. The Hall–Kier alpha value is -1.32. The van der Waals surface area contributed by atoms with Gasteiger partial charge in [-0.25, -0.2) is 0 Å². The molecule has 0 aromatic heterocycles. The Bertz CT molecular complexity index is 428. The predicted octanol–water partition coefficient (Wildman–Crippen LogP) is 1.67. The minimum absolute atomic E-state index is 0.113. The maximum atomic E-state index is 12.6. The quantitative estimate of drug-likeness (QED) is 0.720. The average Bonchev–Trinajstić information content (AvgIpc) is 3.01. The summed E-state index contributed by atoms with van der Waals surface area (Å²) in [6.07, 6.45) is 7.11. The first-order valence-electron chi connectivity index (χ1n) is 7.79. The van der Waals surface area contributed by atoms with Gasteiger partial charge in [0, 0.05) is 32.1 Å². The van der Waals surface area contributed by atoms with Crippen molar-refractivity contribution in [3.8, 4) is 0 Å². The fourth-order valence-corrected chi connectivity index (χ4v) is 3.85. The maximum absolute atomic E-state index is 12.6. The van der Waals surface area contributed by atoms with Crippen LogP contribution in [0.5, 0.6) is 0 Å². The van der Waals surface area contributed by atoms with Crippen LogP contribution in [0.4, 0.5) is 0 Å². The van der Waals surface area contributed by atoms with Crippen LogP contribution in [0.25, 0.3) is 0 Å². The molecule has 2 saturated heterocycles. The van der Waals surface area contributed by atoms with E-state index in [4.69, 9.17) is 0 Å². The third kappa shape index (κ3) is 2.36. The van der Waals surface area contributed by atoms with E-state index in [0.717, 1.165) is 25.9 Å². The first kappa shape index (κ1) is 13.7. The van der Waals surface area contributed by atoms with Crippen molar-refractivity contribution in [2.24, 2.45) is 17.8 Å². The molecule has 3 unspecified atom stereocenters. The predicted molar refractivity (Wildman–Crippen MR) is 76.9 cm³/mol. The minimum Gasteiger partial charge on any atom is -0.342 e. The van der Waals surface area contributed by atoms with Crippen molar-refractivity contribution in [1.29, 1.82) is 0 Å². The van der Waals surface area contributed by atoms with E-state index in [1.807, 2.05) is 23.6 Å². The summed E-state index contributed by atoms with van der Waals surface area (Å²) in [5.41, 5.74) is 0. The highest BCUT2D eigenvalue weighted by Gasteiger charge is 2.41. The van der Waals surface area contributed by atoms with E-state index in [1.165, 1.54) is 0 Å². The van der Waals surface area contributed by atoms with E-state index in [0.29, 0.717) is 24.8 Å². The lowest BCUT2D eigenvalue weighted by atomic mass is 9.86. The van der Waals surface area contributed by atoms with Crippen LogP contribution in [0, 0.1) is 17.8 Å². The van der Waals surface area contributed by atoms with Gasteiger partial charge in [0.1, 0.15) is 0 Å². The smallest absolute Gasteiger partial charge is 0.228 e. The highest BCUT2D eigenvalue weighted by molar-refractivity contribution is 5.89. The molecular formula is C16H24N2O2. The van der Waals surface area contributed by atoms with Gasteiger partial charge in [-0.3, -0.25) is 9.59 Å². The molecule has 1 aliphatic carbocycles. The number of likely N-dealkylation sites (tertiary alicyclic amines) is 2. The van der Waals surface area contributed by atoms with Crippen molar-refractivity contribution in [1.82, 2.24) is 9.80 Å². The molecule has 0 spiro atoms. The number of allylic oxidation sites excluding steroid dienone is 2. The van der Waals surface area contributed by atoms with Gasteiger partial charge in [-0.15, -0.1) is 0 Å². The van der Waals surface area contributed by atoms with E-state index in [2.05, 4.69) is 12.2 Å². The van der Waals surface area contributed by atoms with Crippen LogP contribution >= 0.6 is 0 Å². The maximum Gasteiger partial charge on any atom is 0.228 e. The number of hydrogen-bond acceptors (Lipinski definition) is 2. The van der Waals surface area contributed by atoms with Crippen LogP contribution in [-0.2, 0) is 9.59 Å². The number of rotatable bonds is 2. The second-order valence-electron chi connectivity index (χ2n) is 6.75. The Morgan fingerprint density at radius 2 is 1.75 bits per heavy atom. The van der Waals surface area contributed by atoms with Crippen LogP contribution in [0.2, 0.25) is 0 Å². The molecule has 3 rings (SSSR count). The van der Waals surface area contributed by atoms with Crippen molar-refractivity contribution >= 4 is 11.8 Å². The van der Waals surface area contributed by atoms with Gasteiger partial charge in [-0.2, -0.15) is 0 Å². The van der Waals surface area contributed by atoms with E-state index in [1.54, 1.807) is 0 Å². The molecule has 0 aromatic rings. The molecule has 2 heterocycles. The van der Waals surface area contributed by atoms with Gasteiger partial charge in [0.05, 0.1) is 5.92 Å². The van der Waals surface area contributed by atoms with Gasteiger partial charge in [0.2, 0.25) is 11.8 Å². The van der Waals surface area contributed by atoms with Crippen LogP contribution in [0.1, 0.15) is 33.1 Å². The summed E-state index contributed by atoms with van der Waals surface area (Å²) in [6.45, 7) is 6.42. The first-order valence-corrected chi connectivity index (χ1v) is 7.79. The molecule has 0 radical (unpaired) electrons. The first-order chi connectivity index (χ1) is 9.56. The number of fused-ring (bicyclic) bond motifs is 1. The molecule has 0 bridgehead atoms. The SMILES string of the molecule is CC(C)N1CC(C(=O)N2CC3CC=CCC3C2)CC1=O. The van der Waals surface area contributed by atoms with Gasteiger partial charge in [-0.1, -0.05) is 12.2 Å². The lowest BCUT2D eigenvalue weighted by molar-refractivity contribution is -0.135. The van der Waals surface area contributed by atoms with E-state index >= 15 is 0 Å². The summed E-state index contributed by atoms with van der Waals surface area (Å²) in [6, 6.07) is 0.200. The summed E-state index contributed by atoms with van der Waals surface area (Å²) in [7, 11) is 0. The molecule has 0 aromatic carbocycles. The molecule has 0 saturated carbocycles. The van der Waals surface area contributed by atoms with E-state index in [-0.39, 0.29) is 23.8 Å². The second kappa shape index (κ2) is 5.23. The Kier molecular flexibility index (Phi) is 3.57. The third-order valence-electron chi connectivity index (χ3n) is 5.06. The van der Waals surface area contributed by atoms with E-state index < -0.39 is 0 Å². The topological polar surface area (TPSA) is 40.6 Å². The Balaban J connectivity index is 1.62. The Labute approximate surface area is 120 Å². The van der Waals surface area contributed by atoms with E-state index in [9.17, 15) is 9.59 Å². The summed E-state index contributed by atoms with van der Waals surface area (Å²) >= 11 is 0. The molecule has 4 heteroatoms. The molecule has 3 aliphatic rings. The van der Waals surface area contributed by atoms with Crippen LogP contribution < -0.4 is 0 Å². The van der Waals surface area contributed by atoms with Gasteiger partial charge in [0.25, 0.3) is 0 Å². The lowest BCUT2D eigenvalue weighted by Crippen LogP contribution is -2.37. The largest absolute Gasteiger partial charge is 0.342 e. The number of nitrogens with zero attached hydrogens (tertiary/aromatic N) is 2. The molecular weight excluding hydrogens is 252 g/mol. The highest BCUT2D eigenvalue weighted by atomic mass is 16.2. The zero-order valence-corrected chi connectivity index (χ0v) is 12.4.